The van der Waals surface area contributed by atoms with Gasteiger partial charge in [-0.2, -0.15) is 0 Å². The molecule has 0 bridgehead atoms. The normalized spacial score (nSPS) is 13.8. The zero-order chi connectivity index (χ0) is 13.9. The van der Waals surface area contributed by atoms with E-state index in [4.69, 9.17) is 9.84 Å². The highest BCUT2D eigenvalue weighted by molar-refractivity contribution is 9.09. The van der Waals surface area contributed by atoms with E-state index in [1.807, 2.05) is 0 Å². The second kappa shape index (κ2) is 5.97. The van der Waals surface area contributed by atoms with Gasteiger partial charge in [-0.1, -0.05) is 22.0 Å². The lowest BCUT2D eigenvalue weighted by Crippen LogP contribution is -2.12. The number of carbonyl (C=O) groups is 2. The van der Waals surface area contributed by atoms with Gasteiger partial charge in [0.05, 0.1) is 11.9 Å². The Hall–Kier alpha value is -1.40. The predicted octanol–water partition coefficient (Wildman–Crippen LogP) is 1.84. The summed E-state index contributed by atoms with van der Waals surface area (Å²) in [6.45, 7) is 1.41. The van der Waals surface area contributed by atoms with E-state index in [9.17, 15) is 14.7 Å². The maximum absolute atomic E-state index is 11.3. The molecule has 1 aromatic carbocycles. The number of carboxylic acid groups (broad SMARTS) is 1. The molecule has 6 heteroatoms. The van der Waals surface area contributed by atoms with Gasteiger partial charge in [-0.05, 0) is 30.2 Å². The minimum Gasteiger partial charge on any atom is -0.497 e. The lowest BCUT2D eigenvalue weighted by atomic mass is 10.0. The number of Topliss-reactive ketones (excluding diaryl/α,β-unsaturated/α-hetero) is 1. The molecule has 2 N–H and O–H groups in total. The largest absolute Gasteiger partial charge is 0.497 e. The molecule has 0 amide bonds. The number of carboxylic acids is 1. The molecular formula is C12H13BrO5. The molecular weight excluding hydrogens is 304 g/mol. The van der Waals surface area contributed by atoms with Crippen LogP contribution in [0.25, 0.3) is 0 Å². The van der Waals surface area contributed by atoms with Crippen LogP contribution in [0.5, 0.6) is 5.75 Å². The smallest absolute Gasteiger partial charge is 0.337 e. The third-order valence-corrected chi connectivity index (χ3v) is 3.56. The van der Waals surface area contributed by atoms with E-state index in [0.717, 1.165) is 0 Å². The summed E-state index contributed by atoms with van der Waals surface area (Å²) in [7, 11) is 1.42. The molecule has 0 aliphatic carbocycles. The van der Waals surface area contributed by atoms with Crippen molar-refractivity contribution in [1.82, 2.24) is 0 Å². The molecule has 0 heterocycles. The van der Waals surface area contributed by atoms with Crippen LogP contribution in [-0.2, 0) is 9.59 Å². The fourth-order valence-corrected chi connectivity index (χ4v) is 1.71. The number of rotatable bonds is 5. The van der Waals surface area contributed by atoms with Gasteiger partial charge in [-0.3, -0.25) is 4.79 Å². The van der Waals surface area contributed by atoms with E-state index in [-0.39, 0.29) is 11.3 Å². The molecule has 0 saturated carbocycles. The Morgan fingerprint density at radius 3 is 2.28 bits per heavy atom. The summed E-state index contributed by atoms with van der Waals surface area (Å²) in [5.74, 6) is -1.10. The van der Waals surface area contributed by atoms with Crippen molar-refractivity contribution in [3.05, 3.63) is 29.3 Å². The number of halogens is 1. The number of benzene rings is 1. The summed E-state index contributed by atoms with van der Waals surface area (Å²) in [4.78, 5) is 21.5. The maximum Gasteiger partial charge on any atom is 0.337 e. The lowest BCUT2D eigenvalue weighted by Gasteiger charge is -2.13. The van der Waals surface area contributed by atoms with E-state index in [2.05, 4.69) is 15.9 Å². The van der Waals surface area contributed by atoms with E-state index < -0.39 is 16.9 Å². The molecule has 2 unspecified atom stereocenters. The van der Waals surface area contributed by atoms with Gasteiger partial charge in [0.15, 0.2) is 6.10 Å². The number of ketones is 1. The highest BCUT2D eigenvalue weighted by Gasteiger charge is 2.20. The van der Waals surface area contributed by atoms with Crippen molar-refractivity contribution in [2.75, 3.05) is 7.11 Å². The number of hydrogen-bond donors (Lipinski definition) is 2. The number of carbonyl (C=O) groups excluding carboxylic acids is 1. The number of aliphatic hydroxyl groups excluding tert-OH is 1. The van der Waals surface area contributed by atoms with Crippen LogP contribution < -0.4 is 4.74 Å². The van der Waals surface area contributed by atoms with Crippen molar-refractivity contribution >= 4 is 27.7 Å². The van der Waals surface area contributed by atoms with Crippen LogP contribution in [-0.4, -0.2) is 29.1 Å². The van der Waals surface area contributed by atoms with Crippen LogP contribution in [0.1, 0.15) is 29.0 Å². The van der Waals surface area contributed by atoms with Gasteiger partial charge in [0, 0.05) is 0 Å². The van der Waals surface area contributed by atoms with E-state index in [1.54, 1.807) is 6.07 Å². The van der Waals surface area contributed by atoms with Crippen LogP contribution in [0.15, 0.2) is 18.2 Å². The molecule has 1 aromatic rings. The number of ether oxygens (including phenoxy) is 1. The summed E-state index contributed by atoms with van der Waals surface area (Å²) in [5, 5.41) is 18.3. The number of aliphatic hydroxyl groups is 1. The molecule has 1 rings (SSSR count). The summed E-state index contributed by atoms with van der Waals surface area (Å²) in [6.07, 6.45) is -1.65. The van der Waals surface area contributed by atoms with Crippen molar-refractivity contribution in [3.8, 4) is 5.75 Å². The van der Waals surface area contributed by atoms with Gasteiger partial charge < -0.3 is 14.9 Å². The first-order valence-electron chi connectivity index (χ1n) is 5.11. The second-order valence-electron chi connectivity index (χ2n) is 3.75. The van der Waals surface area contributed by atoms with Gasteiger partial charge in [-0.25, -0.2) is 4.79 Å². The standard InChI is InChI=1S/C12H13BrO5/c1-6(14)10(13)7-3-8(11(15)12(16)17)5-9(4-7)18-2/h3-5,10-11,15H,1-2H3,(H,16,17). The van der Waals surface area contributed by atoms with Gasteiger partial charge in [0.25, 0.3) is 0 Å². The topological polar surface area (TPSA) is 83.8 Å². The fourth-order valence-electron chi connectivity index (χ4n) is 1.45. The molecule has 0 aromatic heterocycles. The SMILES string of the molecule is COc1cc(C(O)C(=O)O)cc(C(Br)C(C)=O)c1. The average Bonchev–Trinajstić information content (AvgIpc) is 2.35. The fraction of sp³-hybridized carbons (Fsp3) is 0.333. The van der Waals surface area contributed by atoms with Gasteiger partial charge >= 0.3 is 5.97 Å². The van der Waals surface area contributed by atoms with Crippen molar-refractivity contribution in [2.24, 2.45) is 0 Å². The molecule has 0 fully saturated rings. The first-order valence-corrected chi connectivity index (χ1v) is 6.02. The number of methoxy groups -OCH3 is 1. The van der Waals surface area contributed by atoms with Gasteiger partial charge in [0.2, 0.25) is 0 Å². The van der Waals surface area contributed by atoms with Crippen molar-refractivity contribution in [3.63, 3.8) is 0 Å². The molecule has 0 radical (unpaired) electrons. The zero-order valence-corrected chi connectivity index (χ0v) is 11.5. The van der Waals surface area contributed by atoms with E-state index in [1.165, 1.54) is 26.2 Å². The Balaban J connectivity index is 3.25. The van der Waals surface area contributed by atoms with Crippen LogP contribution in [0.3, 0.4) is 0 Å². The summed E-state index contributed by atoms with van der Waals surface area (Å²) < 4.78 is 5.02. The molecule has 0 saturated heterocycles. The van der Waals surface area contributed by atoms with Crippen LogP contribution >= 0.6 is 15.9 Å². The van der Waals surface area contributed by atoms with E-state index in [0.29, 0.717) is 11.3 Å². The Morgan fingerprint density at radius 2 is 1.83 bits per heavy atom. The third kappa shape index (κ3) is 3.30. The molecule has 98 valence electrons. The minimum absolute atomic E-state index is 0.126. The Labute approximate surface area is 113 Å². The highest BCUT2D eigenvalue weighted by Crippen LogP contribution is 2.30. The number of aliphatic carboxylic acids is 1. The summed E-state index contributed by atoms with van der Waals surface area (Å²) in [5.41, 5.74) is 0.708. The first kappa shape index (κ1) is 14.7. The van der Waals surface area contributed by atoms with E-state index >= 15 is 0 Å². The summed E-state index contributed by atoms with van der Waals surface area (Å²) >= 11 is 3.20. The maximum atomic E-state index is 11.3. The monoisotopic (exact) mass is 316 g/mol. The third-order valence-electron chi connectivity index (χ3n) is 2.39. The molecule has 2 atom stereocenters. The zero-order valence-electron chi connectivity index (χ0n) is 9.88. The van der Waals surface area contributed by atoms with Gasteiger partial charge in [-0.15, -0.1) is 0 Å². The predicted molar refractivity (Wildman–Crippen MR) is 67.9 cm³/mol. The van der Waals surface area contributed by atoms with Crippen molar-refractivity contribution in [2.45, 2.75) is 17.9 Å². The van der Waals surface area contributed by atoms with Crippen molar-refractivity contribution < 1.29 is 24.5 Å². The average molecular weight is 317 g/mol. The number of alkyl halides is 1. The molecule has 0 spiro atoms. The minimum atomic E-state index is -1.65. The number of hydrogen-bond acceptors (Lipinski definition) is 4. The molecule has 5 nitrogen and oxygen atoms in total. The molecule has 18 heavy (non-hydrogen) atoms. The Morgan fingerprint density at radius 1 is 1.28 bits per heavy atom. The Bertz CT molecular complexity index is 433. The second-order valence-corrected chi connectivity index (χ2v) is 4.67. The molecule has 0 aliphatic heterocycles. The van der Waals surface area contributed by atoms with Crippen LogP contribution in [0.4, 0.5) is 0 Å². The van der Waals surface area contributed by atoms with Crippen LogP contribution in [0, 0.1) is 0 Å². The quantitative estimate of drug-likeness (QED) is 0.810. The first-order chi connectivity index (χ1) is 8.36. The lowest BCUT2D eigenvalue weighted by molar-refractivity contribution is -0.146. The van der Waals surface area contributed by atoms with Gasteiger partial charge in [0.1, 0.15) is 11.5 Å². The highest BCUT2D eigenvalue weighted by atomic mass is 79.9. The van der Waals surface area contributed by atoms with Crippen molar-refractivity contribution in [1.29, 1.82) is 0 Å². The summed E-state index contributed by atoms with van der Waals surface area (Å²) in [6, 6.07) is 4.49. The molecule has 0 aliphatic rings. The Kier molecular flexibility index (Phi) is 4.86. The van der Waals surface area contributed by atoms with Crippen LogP contribution in [0.2, 0.25) is 0 Å².